The molecule has 0 radical (unpaired) electrons. The lowest BCUT2D eigenvalue weighted by Gasteiger charge is -2.17. The Morgan fingerprint density at radius 3 is 2.16 bits per heavy atom. The number of allylic oxidation sites excluding steroid dienone is 1. The molecule has 2 aromatic rings. The summed E-state index contributed by atoms with van der Waals surface area (Å²) in [5.41, 5.74) is 4.05. The molecule has 0 nitrogen and oxygen atoms in total. The van der Waals surface area contributed by atoms with Crippen molar-refractivity contribution in [2.24, 2.45) is 5.92 Å². The van der Waals surface area contributed by atoms with Gasteiger partial charge in [-0.2, -0.15) is 0 Å². The molecule has 0 fully saturated rings. The van der Waals surface area contributed by atoms with Crippen LogP contribution in [-0.2, 0) is 0 Å². The molecule has 98 valence electrons. The zero-order chi connectivity index (χ0) is 13.7. The van der Waals surface area contributed by atoms with Crippen LogP contribution in [0, 0.1) is 12.8 Å². The molecule has 0 saturated carbocycles. The van der Waals surface area contributed by atoms with E-state index in [9.17, 15) is 0 Å². The number of benzene rings is 2. The van der Waals surface area contributed by atoms with Crippen LogP contribution in [0.25, 0.3) is 6.08 Å². The van der Waals surface area contributed by atoms with Crippen LogP contribution in [0.5, 0.6) is 0 Å². The minimum absolute atomic E-state index is 0.530. The second-order valence-corrected chi connectivity index (χ2v) is 5.27. The molecule has 0 aliphatic carbocycles. The van der Waals surface area contributed by atoms with E-state index in [-0.39, 0.29) is 0 Å². The first kappa shape index (κ1) is 13.6. The van der Waals surface area contributed by atoms with E-state index < -0.39 is 0 Å². The van der Waals surface area contributed by atoms with Gasteiger partial charge in [-0.25, -0.2) is 0 Å². The maximum Gasteiger partial charge on any atom is -0.0130 e. The summed E-state index contributed by atoms with van der Waals surface area (Å²) >= 11 is 0. The smallest absolute Gasteiger partial charge is 0.0130 e. The first-order chi connectivity index (χ1) is 9.18. The van der Waals surface area contributed by atoms with Crippen molar-refractivity contribution in [1.29, 1.82) is 0 Å². The van der Waals surface area contributed by atoms with Gasteiger partial charge in [0, 0.05) is 0 Å². The van der Waals surface area contributed by atoms with Crippen LogP contribution >= 0.6 is 0 Å². The minimum atomic E-state index is 0.530. The minimum Gasteiger partial charge on any atom is -0.0805 e. The molecule has 0 heteroatoms. The van der Waals surface area contributed by atoms with Gasteiger partial charge in [-0.3, -0.25) is 0 Å². The summed E-state index contributed by atoms with van der Waals surface area (Å²) in [4.78, 5) is 0. The molecule has 0 aliphatic heterocycles. The summed E-state index contributed by atoms with van der Waals surface area (Å²) in [5.74, 6) is 1.07. The topological polar surface area (TPSA) is 0 Å². The van der Waals surface area contributed by atoms with Crippen molar-refractivity contribution in [3.05, 3.63) is 77.4 Å². The Hall–Kier alpha value is -1.82. The fraction of sp³-hybridized carbons (Fsp3) is 0.263. The van der Waals surface area contributed by atoms with Gasteiger partial charge in [0.25, 0.3) is 0 Å². The molecule has 0 bridgehead atoms. The Labute approximate surface area is 116 Å². The lowest BCUT2D eigenvalue weighted by molar-refractivity contribution is 0.593. The van der Waals surface area contributed by atoms with E-state index in [0.29, 0.717) is 11.8 Å². The van der Waals surface area contributed by atoms with Crippen molar-refractivity contribution in [1.82, 2.24) is 0 Å². The average Bonchev–Trinajstić information content (AvgIpc) is 2.46. The maximum absolute atomic E-state index is 2.32. The third-order valence-electron chi connectivity index (χ3n) is 3.88. The molecule has 2 aromatic carbocycles. The Bertz CT molecular complexity index is 537. The molecule has 0 aromatic heterocycles. The predicted octanol–water partition coefficient (Wildman–Crippen LogP) is 5.45. The molecule has 0 aliphatic rings. The predicted molar refractivity (Wildman–Crippen MR) is 84.2 cm³/mol. The third kappa shape index (κ3) is 3.57. The quantitative estimate of drug-likeness (QED) is 0.677. The normalized spacial score (nSPS) is 14.5. The second-order valence-electron chi connectivity index (χ2n) is 5.27. The van der Waals surface area contributed by atoms with Crippen molar-refractivity contribution in [2.75, 3.05) is 0 Å². The highest BCUT2D eigenvalue weighted by molar-refractivity contribution is 5.53. The van der Waals surface area contributed by atoms with Crippen LogP contribution < -0.4 is 0 Å². The fourth-order valence-electron chi connectivity index (χ4n) is 2.26. The van der Waals surface area contributed by atoms with Gasteiger partial charge in [-0.1, -0.05) is 80.6 Å². The first-order valence-electron chi connectivity index (χ1n) is 6.97. The fourth-order valence-corrected chi connectivity index (χ4v) is 2.26. The van der Waals surface area contributed by atoms with E-state index >= 15 is 0 Å². The van der Waals surface area contributed by atoms with Crippen molar-refractivity contribution in [2.45, 2.75) is 26.7 Å². The van der Waals surface area contributed by atoms with E-state index in [1.54, 1.807) is 0 Å². The van der Waals surface area contributed by atoms with E-state index in [4.69, 9.17) is 0 Å². The van der Waals surface area contributed by atoms with Crippen molar-refractivity contribution >= 4 is 6.08 Å². The van der Waals surface area contributed by atoms with Gasteiger partial charge >= 0.3 is 0 Å². The van der Waals surface area contributed by atoms with Crippen molar-refractivity contribution in [3.8, 4) is 0 Å². The molecular weight excluding hydrogens is 228 g/mol. The molecular formula is C19H22. The van der Waals surface area contributed by atoms with E-state index in [1.165, 1.54) is 16.7 Å². The summed E-state index contributed by atoms with van der Waals surface area (Å²) in [6, 6.07) is 19.2. The number of rotatable bonds is 4. The van der Waals surface area contributed by atoms with E-state index in [1.807, 2.05) is 0 Å². The maximum atomic E-state index is 2.32. The monoisotopic (exact) mass is 250 g/mol. The van der Waals surface area contributed by atoms with Crippen molar-refractivity contribution < 1.29 is 0 Å². The molecule has 0 amide bonds. The summed E-state index contributed by atoms with van der Waals surface area (Å²) in [6.07, 6.45) is 4.57. The van der Waals surface area contributed by atoms with E-state index in [2.05, 4.69) is 87.5 Å². The lowest BCUT2D eigenvalue weighted by Crippen LogP contribution is -2.03. The number of hydrogen-bond donors (Lipinski definition) is 0. The van der Waals surface area contributed by atoms with Gasteiger partial charge in [0.05, 0.1) is 0 Å². The SMILES string of the molecule is Cc1ccccc1C=CC(C)C(C)c1ccccc1. The molecule has 2 atom stereocenters. The molecule has 0 N–H and O–H groups in total. The van der Waals surface area contributed by atoms with Crippen LogP contribution in [0.1, 0.15) is 36.5 Å². The first-order valence-corrected chi connectivity index (χ1v) is 6.97. The molecule has 2 rings (SSSR count). The van der Waals surface area contributed by atoms with Crippen molar-refractivity contribution in [3.63, 3.8) is 0 Å². The highest BCUT2D eigenvalue weighted by Crippen LogP contribution is 2.25. The molecule has 19 heavy (non-hydrogen) atoms. The van der Waals surface area contributed by atoms with Gasteiger partial charge in [0.15, 0.2) is 0 Å². The zero-order valence-electron chi connectivity index (χ0n) is 12.0. The van der Waals surface area contributed by atoms with Crippen LogP contribution in [0.3, 0.4) is 0 Å². The zero-order valence-corrected chi connectivity index (χ0v) is 12.0. The van der Waals surface area contributed by atoms with Gasteiger partial charge in [-0.05, 0) is 35.4 Å². The van der Waals surface area contributed by atoms with Crippen LogP contribution in [0.15, 0.2) is 60.7 Å². The molecule has 0 heterocycles. The highest BCUT2D eigenvalue weighted by Gasteiger charge is 2.10. The largest absolute Gasteiger partial charge is 0.0805 e. The summed E-state index contributed by atoms with van der Waals surface area (Å²) in [5, 5.41) is 0. The van der Waals surface area contributed by atoms with Crippen LogP contribution in [0.2, 0.25) is 0 Å². The summed E-state index contributed by atoms with van der Waals surface area (Å²) in [6.45, 7) is 6.74. The van der Waals surface area contributed by atoms with Crippen LogP contribution in [0.4, 0.5) is 0 Å². The Kier molecular flexibility index (Phi) is 4.57. The van der Waals surface area contributed by atoms with Gasteiger partial charge in [0.2, 0.25) is 0 Å². The second kappa shape index (κ2) is 6.38. The molecule has 0 spiro atoms. The Morgan fingerprint density at radius 1 is 0.842 bits per heavy atom. The molecule has 2 unspecified atom stereocenters. The standard InChI is InChI=1S/C19H22/c1-15(17(3)19-11-5-4-6-12-19)13-14-18-10-8-7-9-16(18)2/h4-15,17H,1-3H3. The van der Waals surface area contributed by atoms with E-state index in [0.717, 1.165) is 0 Å². The lowest BCUT2D eigenvalue weighted by atomic mass is 9.88. The van der Waals surface area contributed by atoms with Gasteiger partial charge in [0.1, 0.15) is 0 Å². The highest BCUT2D eigenvalue weighted by atomic mass is 14.2. The molecule has 0 saturated heterocycles. The van der Waals surface area contributed by atoms with Gasteiger partial charge in [-0.15, -0.1) is 0 Å². The van der Waals surface area contributed by atoms with Gasteiger partial charge < -0.3 is 0 Å². The Balaban J connectivity index is 2.09. The average molecular weight is 250 g/mol. The number of aryl methyl sites for hydroxylation is 1. The summed E-state index contributed by atoms with van der Waals surface area (Å²) in [7, 11) is 0. The third-order valence-corrected chi connectivity index (χ3v) is 3.88. The number of hydrogen-bond acceptors (Lipinski definition) is 0. The summed E-state index contributed by atoms with van der Waals surface area (Å²) < 4.78 is 0. The Morgan fingerprint density at radius 2 is 1.47 bits per heavy atom. The van der Waals surface area contributed by atoms with Crippen LogP contribution in [-0.4, -0.2) is 0 Å².